The number of amides is 1. The minimum Gasteiger partial charge on any atom is -0.368 e. The van der Waals surface area contributed by atoms with Crippen molar-refractivity contribution in [1.82, 2.24) is 4.90 Å². The lowest BCUT2D eigenvalue weighted by molar-refractivity contribution is 0.0746. The molecule has 8 heteroatoms. The minimum absolute atomic E-state index is 0.0389. The fourth-order valence-corrected chi connectivity index (χ4v) is 6.50. The van der Waals surface area contributed by atoms with Crippen LogP contribution in [0.1, 0.15) is 22.8 Å². The topological polar surface area (TPSA) is 60.9 Å². The van der Waals surface area contributed by atoms with E-state index in [9.17, 15) is 17.6 Å². The van der Waals surface area contributed by atoms with Crippen LogP contribution in [0.15, 0.2) is 77.7 Å². The molecule has 0 aliphatic carbocycles. The molecule has 0 N–H and O–H groups in total. The highest BCUT2D eigenvalue weighted by Crippen LogP contribution is 2.37. The molecule has 5 rings (SSSR count). The predicted molar refractivity (Wildman–Crippen MR) is 130 cm³/mol. The monoisotopic (exact) mass is 479 g/mol. The first-order valence-corrected chi connectivity index (χ1v) is 12.8. The Hall–Kier alpha value is -3.39. The lowest BCUT2D eigenvalue weighted by Crippen LogP contribution is -2.48. The summed E-state index contributed by atoms with van der Waals surface area (Å²) in [6.45, 7) is 4.63. The molecule has 176 valence electrons. The van der Waals surface area contributed by atoms with E-state index in [0.717, 1.165) is 36.5 Å². The van der Waals surface area contributed by atoms with Crippen molar-refractivity contribution in [3.63, 3.8) is 0 Å². The van der Waals surface area contributed by atoms with Gasteiger partial charge in [0.1, 0.15) is 5.82 Å². The highest BCUT2D eigenvalue weighted by atomic mass is 32.2. The Labute approximate surface area is 199 Å². The van der Waals surface area contributed by atoms with Crippen molar-refractivity contribution in [2.24, 2.45) is 0 Å². The number of sulfonamides is 1. The van der Waals surface area contributed by atoms with Crippen LogP contribution >= 0.6 is 0 Å². The molecule has 2 aliphatic rings. The zero-order chi connectivity index (χ0) is 23.9. The number of hydrogen-bond donors (Lipinski definition) is 0. The number of nitrogens with zero attached hydrogens (tertiary/aromatic N) is 3. The van der Waals surface area contributed by atoms with Crippen molar-refractivity contribution < 1.29 is 17.6 Å². The molecule has 1 amide bonds. The Kier molecular flexibility index (Phi) is 5.77. The predicted octanol–water partition coefficient (Wildman–Crippen LogP) is 3.93. The molecule has 1 atom stereocenters. The first-order chi connectivity index (χ1) is 16.3. The molecule has 0 bridgehead atoms. The fourth-order valence-electron chi connectivity index (χ4n) is 4.81. The fraction of sp³-hybridized carbons (Fsp3) is 0.269. The van der Waals surface area contributed by atoms with E-state index < -0.39 is 15.8 Å². The minimum atomic E-state index is -3.84. The molecule has 2 heterocycles. The van der Waals surface area contributed by atoms with E-state index in [1.807, 2.05) is 36.1 Å². The van der Waals surface area contributed by atoms with Gasteiger partial charge in [-0.05, 0) is 73.5 Å². The average Bonchev–Trinajstić information content (AvgIpc) is 3.20. The Morgan fingerprint density at radius 3 is 2.26 bits per heavy atom. The van der Waals surface area contributed by atoms with Crippen LogP contribution in [0.5, 0.6) is 0 Å². The van der Waals surface area contributed by atoms with Crippen LogP contribution in [0.25, 0.3) is 0 Å². The van der Waals surface area contributed by atoms with Gasteiger partial charge < -0.3 is 9.80 Å². The van der Waals surface area contributed by atoms with Crippen LogP contribution < -0.4 is 9.21 Å². The van der Waals surface area contributed by atoms with E-state index in [1.165, 1.54) is 16.4 Å². The Morgan fingerprint density at radius 1 is 0.912 bits per heavy atom. The van der Waals surface area contributed by atoms with Gasteiger partial charge in [-0.2, -0.15) is 0 Å². The number of piperazine rings is 1. The molecule has 34 heavy (non-hydrogen) atoms. The third kappa shape index (κ3) is 4.03. The van der Waals surface area contributed by atoms with Crippen molar-refractivity contribution in [3.05, 3.63) is 89.7 Å². The number of para-hydroxylation sites is 1. The average molecular weight is 480 g/mol. The maximum atomic E-state index is 13.3. The van der Waals surface area contributed by atoms with E-state index >= 15 is 0 Å². The lowest BCUT2D eigenvalue weighted by Gasteiger charge is -2.36. The molecule has 0 spiro atoms. The van der Waals surface area contributed by atoms with Gasteiger partial charge in [-0.3, -0.25) is 9.10 Å². The van der Waals surface area contributed by atoms with Gasteiger partial charge >= 0.3 is 0 Å². The van der Waals surface area contributed by atoms with Crippen LogP contribution in [0.2, 0.25) is 0 Å². The van der Waals surface area contributed by atoms with Crippen LogP contribution in [-0.4, -0.2) is 51.4 Å². The van der Waals surface area contributed by atoms with Crippen LogP contribution in [-0.2, 0) is 16.4 Å². The van der Waals surface area contributed by atoms with Crippen LogP contribution in [0.3, 0.4) is 0 Å². The second-order valence-electron chi connectivity index (χ2n) is 8.77. The molecule has 0 unspecified atom stereocenters. The SMILES string of the molecule is C[C@H]1Cc2cc(C(=O)N3CCN(c4ccccc4)CC3)ccc2N1S(=O)(=O)c1ccc(F)cc1. The zero-order valence-electron chi connectivity index (χ0n) is 18.9. The summed E-state index contributed by atoms with van der Waals surface area (Å²) in [5, 5.41) is 0. The van der Waals surface area contributed by atoms with Crippen LogP contribution in [0, 0.1) is 5.82 Å². The number of hydrogen-bond acceptors (Lipinski definition) is 4. The molecular weight excluding hydrogens is 453 g/mol. The maximum absolute atomic E-state index is 13.3. The molecule has 6 nitrogen and oxygen atoms in total. The summed E-state index contributed by atoms with van der Waals surface area (Å²) in [4.78, 5) is 17.4. The van der Waals surface area contributed by atoms with Gasteiger partial charge in [0.15, 0.2) is 0 Å². The highest BCUT2D eigenvalue weighted by molar-refractivity contribution is 7.92. The van der Waals surface area contributed by atoms with Crippen LogP contribution in [0.4, 0.5) is 15.8 Å². The second-order valence-corrected chi connectivity index (χ2v) is 10.6. The van der Waals surface area contributed by atoms with Crippen molar-refractivity contribution in [2.75, 3.05) is 35.4 Å². The van der Waals surface area contributed by atoms with E-state index in [-0.39, 0.29) is 16.8 Å². The molecule has 0 saturated carbocycles. The quantitative estimate of drug-likeness (QED) is 0.569. The third-order valence-electron chi connectivity index (χ3n) is 6.54. The zero-order valence-corrected chi connectivity index (χ0v) is 19.7. The van der Waals surface area contributed by atoms with E-state index in [2.05, 4.69) is 17.0 Å². The lowest BCUT2D eigenvalue weighted by atomic mass is 10.1. The van der Waals surface area contributed by atoms with Crippen molar-refractivity contribution in [3.8, 4) is 0 Å². The highest BCUT2D eigenvalue weighted by Gasteiger charge is 2.36. The molecule has 0 radical (unpaired) electrons. The van der Waals surface area contributed by atoms with Gasteiger partial charge in [-0.25, -0.2) is 12.8 Å². The summed E-state index contributed by atoms with van der Waals surface area (Å²) in [6.07, 6.45) is 0.513. The second kappa shape index (κ2) is 8.76. The van der Waals surface area contributed by atoms with Gasteiger partial charge in [0.25, 0.3) is 15.9 Å². The van der Waals surface area contributed by atoms with Gasteiger partial charge in [0.2, 0.25) is 0 Å². The summed E-state index contributed by atoms with van der Waals surface area (Å²) in [5.41, 5.74) is 3.12. The first kappa shape index (κ1) is 22.4. The van der Waals surface area contributed by atoms with E-state index in [4.69, 9.17) is 0 Å². The normalized spacial score (nSPS) is 18.2. The van der Waals surface area contributed by atoms with Crippen molar-refractivity contribution >= 4 is 27.3 Å². The van der Waals surface area contributed by atoms with Gasteiger partial charge in [0, 0.05) is 43.5 Å². The first-order valence-electron chi connectivity index (χ1n) is 11.4. The summed E-state index contributed by atoms with van der Waals surface area (Å²) in [6, 6.07) is 20.0. The molecular formula is C26H26FN3O3S. The van der Waals surface area contributed by atoms with Gasteiger partial charge in [-0.1, -0.05) is 18.2 Å². The van der Waals surface area contributed by atoms with E-state index in [1.54, 1.807) is 12.1 Å². The summed E-state index contributed by atoms with van der Waals surface area (Å²) in [5.74, 6) is -0.524. The number of carbonyl (C=O) groups excluding carboxylic acids is 1. The van der Waals surface area contributed by atoms with Crippen molar-refractivity contribution in [1.29, 1.82) is 0 Å². The summed E-state index contributed by atoms with van der Waals surface area (Å²) in [7, 11) is -3.84. The number of fused-ring (bicyclic) bond motifs is 1. The molecule has 0 aromatic heterocycles. The molecule has 1 saturated heterocycles. The third-order valence-corrected chi connectivity index (χ3v) is 8.48. The number of benzene rings is 3. The summed E-state index contributed by atoms with van der Waals surface area (Å²) < 4.78 is 41.2. The maximum Gasteiger partial charge on any atom is 0.264 e. The molecule has 3 aromatic rings. The molecule has 1 fully saturated rings. The van der Waals surface area contributed by atoms with Gasteiger partial charge in [0.05, 0.1) is 10.6 Å². The van der Waals surface area contributed by atoms with Crippen molar-refractivity contribution in [2.45, 2.75) is 24.3 Å². The van der Waals surface area contributed by atoms with Gasteiger partial charge in [-0.15, -0.1) is 0 Å². The Balaban J connectivity index is 1.33. The standard InChI is InChI=1S/C26H26FN3O3S/c1-19-17-21-18-20(26(31)29-15-13-28(14-16-29)23-5-3-2-4-6-23)7-12-25(21)30(19)34(32,33)24-10-8-22(27)9-11-24/h2-12,18-19H,13-17H2,1H3/t19-/m0/s1. The number of carbonyl (C=O) groups is 1. The molecule has 2 aliphatic heterocycles. The summed E-state index contributed by atoms with van der Waals surface area (Å²) >= 11 is 0. The van der Waals surface area contributed by atoms with E-state index in [0.29, 0.717) is 30.8 Å². The Morgan fingerprint density at radius 2 is 1.59 bits per heavy atom. The number of anilines is 2. The smallest absolute Gasteiger partial charge is 0.264 e. The Bertz CT molecular complexity index is 1300. The largest absolute Gasteiger partial charge is 0.368 e. The number of rotatable bonds is 4. The molecule has 3 aromatic carbocycles. The number of halogens is 1.